The zero-order valence-electron chi connectivity index (χ0n) is 8.25. The lowest BCUT2D eigenvalue weighted by molar-refractivity contribution is -0.0918. The van der Waals surface area contributed by atoms with Gasteiger partial charge in [-0.25, -0.2) is 0 Å². The quantitative estimate of drug-likeness (QED) is 0.579. The van der Waals surface area contributed by atoms with Gasteiger partial charge in [0.25, 0.3) is 0 Å². The predicted molar refractivity (Wildman–Crippen MR) is 49.7 cm³/mol. The monoisotopic (exact) mass is 189 g/mol. The average molecular weight is 189 g/mol. The first-order valence-electron chi connectivity index (χ1n) is 4.70. The highest BCUT2D eigenvalue weighted by Crippen LogP contribution is 2.13. The van der Waals surface area contributed by atoms with Crippen LogP contribution in [0.2, 0.25) is 0 Å². The fourth-order valence-electron chi connectivity index (χ4n) is 1.17. The molecule has 0 atom stereocenters. The highest BCUT2D eigenvalue weighted by atomic mass is 16.5. The first kappa shape index (κ1) is 10.9. The number of rotatable bonds is 7. The molecule has 0 aromatic rings. The molecule has 78 valence electrons. The standard InChI is InChI=1S/C9H19NO3/c1-11-4-2-3-5-12-6-9(10)7-13-8-9/h2-8,10H2,1H3. The van der Waals surface area contributed by atoms with Crippen molar-refractivity contribution in [2.24, 2.45) is 5.73 Å². The molecular weight excluding hydrogens is 170 g/mol. The van der Waals surface area contributed by atoms with Crippen molar-refractivity contribution >= 4 is 0 Å². The SMILES string of the molecule is COCCCCOCC1(N)COC1. The third-order valence-corrected chi connectivity index (χ3v) is 2.06. The zero-order valence-corrected chi connectivity index (χ0v) is 8.25. The highest BCUT2D eigenvalue weighted by Gasteiger charge is 2.34. The van der Waals surface area contributed by atoms with Crippen LogP contribution in [0.3, 0.4) is 0 Å². The van der Waals surface area contributed by atoms with E-state index in [1.807, 2.05) is 0 Å². The third kappa shape index (κ3) is 4.04. The molecular formula is C9H19NO3. The van der Waals surface area contributed by atoms with Gasteiger partial charge in [-0.15, -0.1) is 0 Å². The molecule has 1 heterocycles. The number of ether oxygens (including phenoxy) is 3. The smallest absolute Gasteiger partial charge is 0.0865 e. The van der Waals surface area contributed by atoms with Crippen LogP contribution in [-0.4, -0.2) is 45.7 Å². The minimum absolute atomic E-state index is 0.207. The summed E-state index contributed by atoms with van der Waals surface area (Å²) >= 11 is 0. The van der Waals surface area contributed by atoms with Gasteiger partial charge in [0.05, 0.1) is 25.4 Å². The van der Waals surface area contributed by atoms with E-state index >= 15 is 0 Å². The van der Waals surface area contributed by atoms with Gasteiger partial charge in [-0.2, -0.15) is 0 Å². The Morgan fingerprint density at radius 1 is 1.31 bits per heavy atom. The maximum Gasteiger partial charge on any atom is 0.0865 e. The van der Waals surface area contributed by atoms with Crippen LogP contribution in [0.1, 0.15) is 12.8 Å². The van der Waals surface area contributed by atoms with Gasteiger partial charge in [0, 0.05) is 20.3 Å². The van der Waals surface area contributed by atoms with Crippen molar-refractivity contribution in [1.82, 2.24) is 0 Å². The molecule has 0 unspecified atom stereocenters. The molecule has 0 spiro atoms. The Morgan fingerprint density at radius 3 is 2.54 bits per heavy atom. The fourth-order valence-corrected chi connectivity index (χ4v) is 1.17. The second-order valence-corrected chi connectivity index (χ2v) is 3.61. The molecule has 1 aliphatic rings. The van der Waals surface area contributed by atoms with E-state index in [1.165, 1.54) is 0 Å². The third-order valence-electron chi connectivity index (χ3n) is 2.06. The van der Waals surface area contributed by atoms with E-state index in [4.69, 9.17) is 19.9 Å². The van der Waals surface area contributed by atoms with Crippen molar-refractivity contribution in [3.05, 3.63) is 0 Å². The molecule has 1 aliphatic heterocycles. The summed E-state index contributed by atoms with van der Waals surface area (Å²) in [5, 5.41) is 0. The first-order valence-corrected chi connectivity index (χ1v) is 4.70. The molecule has 2 N–H and O–H groups in total. The van der Waals surface area contributed by atoms with Crippen LogP contribution in [0.15, 0.2) is 0 Å². The first-order chi connectivity index (χ1) is 6.27. The molecule has 1 rings (SSSR count). The highest BCUT2D eigenvalue weighted by molar-refractivity contribution is 4.90. The van der Waals surface area contributed by atoms with Crippen LogP contribution in [0.4, 0.5) is 0 Å². The van der Waals surface area contributed by atoms with Gasteiger partial charge in [0.2, 0.25) is 0 Å². The van der Waals surface area contributed by atoms with Crippen LogP contribution in [0.25, 0.3) is 0 Å². The van der Waals surface area contributed by atoms with E-state index < -0.39 is 0 Å². The Hall–Kier alpha value is -0.160. The summed E-state index contributed by atoms with van der Waals surface area (Å²) in [7, 11) is 1.71. The van der Waals surface area contributed by atoms with Crippen LogP contribution in [0.5, 0.6) is 0 Å². The van der Waals surface area contributed by atoms with E-state index in [2.05, 4.69) is 0 Å². The van der Waals surface area contributed by atoms with Crippen LogP contribution < -0.4 is 5.73 Å². The molecule has 0 aromatic heterocycles. The Balaban J connectivity index is 1.83. The minimum Gasteiger partial charge on any atom is -0.385 e. The Morgan fingerprint density at radius 2 is 2.00 bits per heavy atom. The molecule has 0 bridgehead atoms. The molecule has 0 radical (unpaired) electrons. The molecule has 4 nitrogen and oxygen atoms in total. The van der Waals surface area contributed by atoms with Crippen LogP contribution >= 0.6 is 0 Å². The Bertz CT molecular complexity index is 137. The van der Waals surface area contributed by atoms with E-state index in [1.54, 1.807) is 7.11 Å². The summed E-state index contributed by atoms with van der Waals surface area (Å²) in [5.74, 6) is 0. The Kier molecular flexibility index (Phi) is 4.66. The largest absolute Gasteiger partial charge is 0.385 e. The molecule has 0 amide bonds. The van der Waals surface area contributed by atoms with Crippen LogP contribution in [0, 0.1) is 0 Å². The molecule has 4 heteroatoms. The van der Waals surface area contributed by atoms with Crippen molar-refractivity contribution < 1.29 is 14.2 Å². The predicted octanol–water partition coefficient (Wildman–Crippen LogP) is 0.157. The van der Waals surface area contributed by atoms with Crippen molar-refractivity contribution in [3.63, 3.8) is 0 Å². The molecule has 1 fully saturated rings. The lowest BCUT2D eigenvalue weighted by Crippen LogP contribution is -2.60. The number of methoxy groups -OCH3 is 1. The van der Waals surface area contributed by atoms with Gasteiger partial charge in [-0.05, 0) is 12.8 Å². The lowest BCUT2D eigenvalue weighted by atomic mass is 10.0. The van der Waals surface area contributed by atoms with Crippen molar-refractivity contribution in [2.45, 2.75) is 18.4 Å². The van der Waals surface area contributed by atoms with Gasteiger partial charge in [0.1, 0.15) is 0 Å². The van der Waals surface area contributed by atoms with Gasteiger partial charge in [-0.1, -0.05) is 0 Å². The lowest BCUT2D eigenvalue weighted by Gasteiger charge is -2.37. The number of hydrogen-bond donors (Lipinski definition) is 1. The van der Waals surface area contributed by atoms with Crippen molar-refractivity contribution in [2.75, 3.05) is 40.1 Å². The van der Waals surface area contributed by atoms with E-state index in [-0.39, 0.29) is 5.54 Å². The van der Waals surface area contributed by atoms with Crippen LogP contribution in [-0.2, 0) is 14.2 Å². The fraction of sp³-hybridized carbons (Fsp3) is 1.00. The summed E-state index contributed by atoms with van der Waals surface area (Å²) in [6, 6.07) is 0. The van der Waals surface area contributed by atoms with Crippen molar-refractivity contribution in [3.8, 4) is 0 Å². The summed E-state index contributed by atoms with van der Waals surface area (Å²) < 4.78 is 15.4. The van der Waals surface area contributed by atoms with E-state index in [9.17, 15) is 0 Å². The van der Waals surface area contributed by atoms with E-state index in [0.29, 0.717) is 19.8 Å². The van der Waals surface area contributed by atoms with Gasteiger partial charge < -0.3 is 19.9 Å². The van der Waals surface area contributed by atoms with E-state index in [0.717, 1.165) is 26.1 Å². The molecule has 1 saturated heterocycles. The minimum atomic E-state index is -0.207. The van der Waals surface area contributed by atoms with Gasteiger partial charge in [0.15, 0.2) is 0 Å². The maximum absolute atomic E-state index is 5.87. The van der Waals surface area contributed by atoms with Crippen molar-refractivity contribution in [1.29, 1.82) is 0 Å². The normalized spacial score (nSPS) is 19.8. The molecule has 13 heavy (non-hydrogen) atoms. The summed E-state index contributed by atoms with van der Waals surface area (Å²) in [6.07, 6.45) is 2.08. The maximum atomic E-state index is 5.87. The second kappa shape index (κ2) is 5.54. The number of hydrogen-bond acceptors (Lipinski definition) is 4. The topological polar surface area (TPSA) is 53.7 Å². The average Bonchev–Trinajstić information content (AvgIpc) is 2.08. The summed E-state index contributed by atoms with van der Waals surface area (Å²) in [5.41, 5.74) is 5.66. The van der Waals surface area contributed by atoms with Gasteiger partial charge in [-0.3, -0.25) is 0 Å². The molecule has 0 saturated carbocycles. The number of nitrogens with two attached hydrogens (primary N) is 1. The molecule has 0 aromatic carbocycles. The number of unbranched alkanes of at least 4 members (excludes halogenated alkanes) is 1. The second-order valence-electron chi connectivity index (χ2n) is 3.61. The van der Waals surface area contributed by atoms with Gasteiger partial charge >= 0.3 is 0 Å². The summed E-state index contributed by atoms with van der Waals surface area (Å²) in [4.78, 5) is 0. The summed E-state index contributed by atoms with van der Waals surface area (Å²) in [6.45, 7) is 3.44. The Labute approximate surface area is 79.3 Å². The molecule has 0 aliphatic carbocycles. The zero-order chi connectivity index (χ0) is 9.57.